The van der Waals surface area contributed by atoms with Gasteiger partial charge in [-0.2, -0.15) is 0 Å². The van der Waals surface area contributed by atoms with Gasteiger partial charge in [0.25, 0.3) is 0 Å². The van der Waals surface area contributed by atoms with Crippen molar-refractivity contribution in [2.45, 2.75) is 44.7 Å². The Kier molecular flexibility index (Phi) is 11.4. The maximum absolute atomic E-state index is 13.4. The van der Waals surface area contributed by atoms with Crippen molar-refractivity contribution in [2.75, 3.05) is 24.6 Å². The SMILES string of the molecule is CCOC(=O)CNC(=O)[C@H](C[Se]c1ccccc1)N(C(=O)CNC(=O)OC(C)(C)C)c1ccccc1. The minimum atomic E-state index is -0.921. The van der Waals surface area contributed by atoms with Crippen LogP contribution in [0, 0.1) is 0 Å². The van der Waals surface area contributed by atoms with Gasteiger partial charge in [0, 0.05) is 0 Å². The van der Waals surface area contributed by atoms with Crippen molar-refractivity contribution < 1.29 is 28.7 Å². The molecule has 2 aromatic carbocycles. The molecule has 0 aliphatic heterocycles. The number of benzene rings is 2. The first-order valence-corrected chi connectivity index (χ1v) is 13.6. The maximum atomic E-state index is 13.4. The Morgan fingerprint density at radius 3 is 2.11 bits per heavy atom. The molecule has 0 fully saturated rings. The van der Waals surface area contributed by atoms with Crippen LogP contribution in [-0.2, 0) is 23.9 Å². The third kappa shape index (κ3) is 10.1. The summed E-state index contributed by atoms with van der Waals surface area (Å²) in [5.41, 5.74) is -0.228. The van der Waals surface area contributed by atoms with Crippen LogP contribution in [0.1, 0.15) is 27.7 Å². The van der Waals surface area contributed by atoms with E-state index in [4.69, 9.17) is 9.47 Å². The van der Waals surface area contributed by atoms with E-state index in [9.17, 15) is 19.2 Å². The number of para-hydroxylation sites is 1. The van der Waals surface area contributed by atoms with Gasteiger partial charge in [0.15, 0.2) is 0 Å². The molecule has 0 unspecified atom stereocenters. The number of nitrogens with one attached hydrogen (secondary N) is 2. The Morgan fingerprint density at radius 1 is 0.917 bits per heavy atom. The van der Waals surface area contributed by atoms with E-state index in [0.717, 1.165) is 4.46 Å². The van der Waals surface area contributed by atoms with Gasteiger partial charge in [-0.1, -0.05) is 0 Å². The van der Waals surface area contributed by atoms with E-state index in [1.54, 1.807) is 58.0 Å². The molecule has 194 valence electrons. The van der Waals surface area contributed by atoms with Gasteiger partial charge in [-0.15, -0.1) is 0 Å². The molecule has 2 rings (SSSR count). The van der Waals surface area contributed by atoms with Gasteiger partial charge in [-0.05, 0) is 0 Å². The normalized spacial score (nSPS) is 11.7. The van der Waals surface area contributed by atoms with Crippen LogP contribution in [-0.4, -0.2) is 70.2 Å². The number of rotatable bonds is 11. The number of hydrogen-bond acceptors (Lipinski definition) is 6. The first-order valence-electron chi connectivity index (χ1n) is 11.6. The Labute approximate surface area is 218 Å². The summed E-state index contributed by atoms with van der Waals surface area (Å²) in [6.07, 6.45) is -0.735. The van der Waals surface area contributed by atoms with E-state index in [1.165, 1.54) is 4.90 Å². The van der Waals surface area contributed by atoms with Crippen LogP contribution in [0.3, 0.4) is 0 Å². The molecule has 2 aromatic rings. The molecule has 0 spiro atoms. The minimum absolute atomic E-state index is 0.154. The summed E-state index contributed by atoms with van der Waals surface area (Å²) in [5.74, 6) is -1.55. The molecule has 0 bridgehead atoms. The molecule has 36 heavy (non-hydrogen) atoms. The van der Waals surface area contributed by atoms with E-state index < -0.39 is 35.5 Å². The summed E-state index contributed by atoms with van der Waals surface area (Å²) < 4.78 is 11.2. The third-order valence-electron chi connectivity index (χ3n) is 4.56. The van der Waals surface area contributed by atoms with Gasteiger partial charge in [0.2, 0.25) is 0 Å². The fourth-order valence-corrected chi connectivity index (χ4v) is 5.18. The van der Waals surface area contributed by atoms with Crippen LogP contribution in [0.5, 0.6) is 0 Å². The summed E-state index contributed by atoms with van der Waals surface area (Å²) in [7, 11) is 0. The van der Waals surface area contributed by atoms with Crippen molar-refractivity contribution >= 4 is 49.0 Å². The van der Waals surface area contributed by atoms with Crippen LogP contribution in [0.15, 0.2) is 60.7 Å². The quantitative estimate of drug-likeness (QED) is 0.320. The first-order chi connectivity index (χ1) is 17.1. The molecular weight excluding hydrogens is 529 g/mol. The van der Waals surface area contributed by atoms with E-state index in [2.05, 4.69) is 10.6 Å². The Bertz CT molecular complexity index is 1010. The summed E-state index contributed by atoms with van der Waals surface area (Å²) in [6.45, 7) is 6.36. The fraction of sp³-hybridized carbons (Fsp3) is 0.385. The van der Waals surface area contributed by atoms with E-state index in [1.807, 2.05) is 30.3 Å². The summed E-state index contributed by atoms with van der Waals surface area (Å²) in [5, 5.41) is 5.41. The first kappa shape index (κ1) is 28.9. The number of carbonyl (C=O) groups excluding carboxylic acids is 4. The zero-order chi connectivity index (χ0) is 26.6. The van der Waals surface area contributed by atoms with E-state index >= 15 is 0 Å². The molecule has 10 heteroatoms. The second-order valence-corrected chi connectivity index (χ2v) is 10.9. The molecule has 0 aliphatic carbocycles. The van der Waals surface area contributed by atoms with E-state index in [0.29, 0.717) is 11.0 Å². The average molecular weight is 563 g/mol. The van der Waals surface area contributed by atoms with Crippen molar-refractivity contribution in [2.24, 2.45) is 0 Å². The topological polar surface area (TPSA) is 114 Å². The van der Waals surface area contributed by atoms with E-state index in [-0.39, 0.29) is 34.7 Å². The van der Waals surface area contributed by atoms with Crippen molar-refractivity contribution in [3.05, 3.63) is 60.7 Å². The molecule has 0 radical (unpaired) electrons. The predicted molar refractivity (Wildman–Crippen MR) is 138 cm³/mol. The predicted octanol–water partition coefficient (Wildman–Crippen LogP) is 2.04. The van der Waals surface area contributed by atoms with Gasteiger partial charge >= 0.3 is 218 Å². The molecule has 0 saturated carbocycles. The van der Waals surface area contributed by atoms with Gasteiger partial charge < -0.3 is 0 Å². The number of ether oxygens (including phenoxy) is 2. The second-order valence-electron chi connectivity index (χ2n) is 8.62. The summed E-state index contributed by atoms with van der Waals surface area (Å²) >= 11 is -0.154. The summed E-state index contributed by atoms with van der Waals surface area (Å²) in [6, 6.07) is 17.5. The Morgan fingerprint density at radius 2 is 1.53 bits per heavy atom. The van der Waals surface area contributed by atoms with Crippen LogP contribution in [0.25, 0.3) is 0 Å². The number of carbonyl (C=O) groups is 4. The van der Waals surface area contributed by atoms with Gasteiger partial charge in [-0.25, -0.2) is 0 Å². The molecule has 0 aliphatic rings. The second kappa shape index (κ2) is 14.3. The van der Waals surface area contributed by atoms with Crippen LogP contribution in [0.2, 0.25) is 5.32 Å². The standard InChI is InChI=1S/C26H33N3O6Se/c1-5-34-23(31)17-27-24(32)21(18-36-20-14-10-7-11-15-20)29(19-12-8-6-9-13-19)22(30)16-28-25(33)35-26(2,3)4/h6-15,21H,5,16-18H2,1-4H3,(H,27,32)(H,28,33)/t21-/m0/s1. The third-order valence-corrected chi connectivity index (χ3v) is 6.85. The van der Waals surface area contributed by atoms with Gasteiger partial charge in [0.05, 0.1) is 0 Å². The van der Waals surface area contributed by atoms with Crippen LogP contribution < -0.4 is 20.0 Å². The number of amides is 3. The fourth-order valence-electron chi connectivity index (χ4n) is 3.08. The van der Waals surface area contributed by atoms with Crippen molar-refractivity contribution in [3.8, 4) is 0 Å². The number of alkyl carbamates (subject to hydrolysis) is 1. The van der Waals surface area contributed by atoms with Crippen LogP contribution >= 0.6 is 0 Å². The van der Waals surface area contributed by atoms with Crippen molar-refractivity contribution in [3.63, 3.8) is 0 Å². The zero-order valence-corrected chi connectivity index (χ0v) is 22.7. The summed E-state index contributed by atoms with van der Waals surface area (Å²) in [4.78, 5) is 52.1. The average Bonchev–Trinajstić information content (AvgIpc) is 2.84. The molecule has 9 nitrogen and oxygen atoms in total. The molecular formula is C26H33N3O6Se. The van der Waals surface area contributed by atoms with Gasteiger partial charge in [0.1, 0.15) is 0 Å². The number of hydrogen-bond donors (Lipinski definition) is 2. The molecule has 2 N–H and O–H groups in total. The molecule has 0 aromatic heterocycles. The number of anilines is 1. The van der Waals surface area contributed by atoms with Crippen LogP contribution in [0.4, 0.5) is 10.5 Å². The number of nitrogens with zero attached hydrogens (tertiary/aromatic N) is 1. The van der Waals surface area contributed by atoms with Crippen molar-refractivity contribution in [1.82, 2.24) is 10.6 Å². The molecule has 1 atom stereocenters. The Hall–Kier alpha value is -3.36. The van der Waals surface area contributed by atoms with Gasteiger partial charge in [-0.3, -0.25) is 0 Å². The molecule has 3 amide bonds. The monoisotopic (exact) mass is 563 g/mol. The number of esters is 1. The Balaban J connectivity index is 2.29. The molecule has 0 heterocycles. The zero-order valence-electron chi connectivity index (χ0n) is 21.0. The van der Waals surface area contributed by atoms with Crippen molar-refractivity contribution in [1.29, 1.82) is 0 Å². The molecule has 0 saturated heterocycles.